The van der Waals surface area contributed by atoms with Crippen molar-refractivity contribution in [3.63, 3.8) is 0 Å². The molecule has 2 aliphatic carbocycles. The van der Waals surface area contributed by atoms with Crippen LogP contribution >= 0.6 is 0 Å². The molecular weight excluding hydrogens is 248 g/mol. The molecule has 1 saturated carbocycles. The zero-order chi connectivity index (χ0) is 13.6. The molecule has 1 saturated heterocycles. The standard InChI is InChI=1S/C17H22N2O/c20-16(15-10-17(15)5-7-18-8-6-17)19-11-13-9-12-3-1-2-4-14(12)13/h1-4,13,15,18H,5-11H2,(H,19,20). The summed E-state index contributed by atoms with van der Waals surface area (Å²) in [7, 11) is 0. The second-order valence-electron chi connectivity index (χ2n) is 6.71. The summed E-state index contributed by atoms with van der Waals surface area (Å²) in [6, 6.07) is 8.58. The van der Waals surface area contributed by atoms with Crippen molar-refractivity contribution in [2.24, 2.45) is 11.3 Å². The molecule has 1 amide bonds. The number of carbonyl (C=O) groups is 1. The van der Waals surface area contributed by atoms with Crippen LogP contribution in [0, 0.1) is 11.3 Å². The van der Waals surface area contributed by atoms with Crippen molar-refractivity contribution in [3.8, 4) is 0 Å². The summed E-state index contributed by atoms with van der Waals surface area (Å²) >= 11 is 0. The van der Waals surface area contributed by atoms with Crippen molar-refractivity contribution in [2.45, 2.75) is 31.6 Å². The summed E-state index contributed by atoms with van der Waals surface area (Å²) in [6.45, 7) is 2.99. The van der Waals surface area contributed by atoms with Crippen molar-refractivity contribution in [1.29, 1.82) is 0 Å². The lowest BCUT2D eigenvalue weighted by Crippen LogP contribution is -2.37. The molecular formula is C17H22N2O. The van der Waals surface area contributed by atoms with Crippen LogP contribution in [0.1, 0.15) is 36.3 Å². The molecule has 20 heavy (non-hydrogen) atoms. The third-order valence-corrected chi connectivity index (χ3v) is 5.59. The first-order chi connectivity index (χ1) is 9.78. The molecule has 1 aliphatic heterocycles. The van der Waals surface area contributed by atoms with Gasteiger partial charge in [-0.2, -0.15) is 0 Å². The van der Waals surface area contributed by atoms with Crippen LogP contribution in [0.15, 0.2) is 24.3 Å². The maximum atomic E-state index is 12.3. The van der Waals surface area contributed by atoms with Crippen molar-refractivity contribution in [1.82, 2.24) is 10.6 Å². The van der Waals surface area contributed by atoms with E-state index in [1.54, 1.807) is 0 Å². The van der Waals surface area contributed by atoms with E-state index in [0.717, 1.165) is 32.5 Å². The minimum atomic E-state index is 0.292. The predicted octanol–water partition coefficient (Wildman–Crippen LogP) is 1.83. The first kappa shape index (κ1) is 12.4. The number of rotatable bonds is 3. The lowest BCUT2D eigenvalue weighted by atomic mass is 9.77. The Kier molecular flexibility index (Phi) is 2.84. The summed E-state index contributed by atoms with van der Waals surface area (Å²) < 4.78 is 0. The Labute approximate surface area is 120 Å². The zero-order valence-corrected chi connectivity index (χ0v) is 11.8. The van der Waals surface area contributed by atoms with Gasteiger partial charge in [0.25, 0.3) is 0 Å². The van der Waals surface area contributed by atoms with Gasteiger partial charge < -0.3 is 10.6 Å². The number of piperidine rings is 1. The number of hydrogen-bond donors (Lipinski definition) is 2. The first-order valence-corrected chi connectivity index (χ1v) is 7.85. The highest BCUT2D eigenvalue weighted by Crippen LogP contribution is 2.58. The monoisotopic (exact) mass is 270 g/mol. The van der Waals surface area contributed by atoms with Gasteiger partial charge in [-0.3, -0.25) is 4.79 Å². The molecule has 2 atom stereocenters. The molecule has 2 fully saturated rings. The third kappa shape index (κ3) is 1.96. The molecule has 3 heteroatoms. The van der Waals surface area contributed by atoms with Crippen LogP contribution in [0.2, 0.25) is 0 Å². The van der Waals surface area contributed by atoms with Gasteiger partial charge in [0.1, 0.15) is 0 Å². The van der Waals surface area contributed by atoms with E-state index in [9.17, 15) is 4.79 Å². The topological polar surface area (TPSA) is 41.1 Å². The van der Waals surface area contributed by atoms with Crippen LogP contribution in [-0.2, 0) is 11.2 Å². The van der Waals surface area contributed by atoms with E-state index in [4.69, 9.17) is 0 Å². The molecule has 0 bridgehead atoms. The lowest BCUT2D eigenvalue weighted by molar-refractivity contribution is -0.123. The van der Waals surface area contributed by atoms with Gasteiger partial charge in [-0.15, -0.1) is 0 Å². The summed E-state index contributed by atoms with van der Waals surface area (Å²) in [5.74, 6) is 1.13. The van der Waals surface area contributed by atoms with E-state index < -0.39 is 0 Å². The normalized spacial score (nSPS) is 29.4. The van der Waals surface area contributed by atoms with Gasteiger partial charge in [0, 0.05) is 18.4 Å². The summed E-state index contributed by atoms with van der Waals surface area (Å²) in [6.07, 6.45) is 4.59. The van der Waals surface area contributed by atoms with Crippen LogP contribution in [-0.4, -0.2) is 25.5 Å². The first-order valence-electron chi connectivity index (χ1n) is 7.85. The summed E-state index contributed by atoms with van der Waals surface area (Å²) in [4.78, 5) is 12.3. The van der Waals surface area contributed by atoms with Crippen molar-refractivity contribution < 1.29 is 4.79 Å². The Morgan fingerprint density at radius 2 is 2.10 bits per heavy atom. The lowest BCUT2D eigenvalue weighted by Gasteiger charge is -2.30. The molecule has 2 N–H and O–H groups in total. The molecule has 3 nitrogen and oxygen atoms in total. The summed E-state index contributed by atoms with van der Waals surface area (Å²) in [5.41, 5.74) is 3.24. The molecule has 2 unspecified atom stereocenters. The number of nitrogens with one attached hydrogen (secondary N) is 2. The Morgan fingerprint density at radius 3 is 2.90 bits per heavy atom. The molecule has 1 heterocycles. The number of benzene rings is 1. The molecule has 0 aromatic heterocycles. The highest BCUT2D eigenvalue weighted by Gasteiger charge is 2.57. The number of amides is 1. The van der Waals surface area contributed by atoms with E-state index >= 15 is 0 Å². The quantitative estimate of drug-likeness (QED) is 0.880. The second-order valence-corrected chi connectivity index (χ2v) is 6.71. The summed E-state index contributed by atoms with van der Waals surface area (Å²) in [5, 5.41) is 6.59. The molecule has 3 aliphatic rings. The van der Waals surface area contributed by atoms with Gasteiger partial charge in [-0.05, 0) is 55.3 Å². The minimum Gasteiger partial charge on any atom is -0.355 e. The number of hydrogen-bond acceptors (Lipinski definition) is 2. The van der Waals surface area contributed by atoms with E-state index in [1.165, 1.54) is 24.0 Å². The molecule has 0 radical (unpaired) electrons. The maximum Gasteiger partial charge on any atom is 0.223 e. The van der Waals surface area contributed by atoms with E-state index in [2.05, 4.69) is 34.9 Å². The maximum absolute atomic E-state index is 12.3. The smallest absolute Gasteiger partial charge is 0.223 e. The SMILES string of the molecule is O=C(NCC1Cc2ccccc21)C1CC12CCNCC2. The van der Waals surface area contributed by atoms with Crippen LogP contribution in [0.4, 0.5) is 0 Å². The predicted molar refractivity (Wildman–Crippen MR) is 78.5 cm³/mol. The zero-order valence-electron chi connectivity index (χ0n) is 11.8. The van der Waals surface area contributed by atoms with Crippen molar-refractivity contribution >= 4 is 5.91 Å². The fourth-order valence-corrected chi connectivity index (χ4v) is 4.09. The van der Waals surface area contributed by atoms with Gasteiger partial charge in [0.15, 0.2) is 0 Å². The van der Waals surface area contributed by atoms with Crippen molar-refractivity contribution in [2.75, 3.05) is 19.6 Å². The van der Waals surface area contributed by atoms with Gasteiger partial charge in [-0.1, -0.05) is 24.3 Å². The second kappa shape index (κ2) is 4.59. The highest BCUT2D eigenvalue weighted by atomic mass is 16.2. The molecule has 106 valence electrons. The Hall–Kier alpha value is -1.35. The van der Waals surface area contributed by atoms with E-state index in [1.807, 2.05) is 0 Å². The molecule has 4 rings (SSSR count). The number of fused-ring (bicyclic) bond motifs is 1. The van der Waals surface area contributed by atoms with Crippen LogP contribution < -0.4 is 10.6 Å². The highest BCUT2D eigenvalue weighted by molar-refractivity contribution is 5.82. The average molecular weight is 270 g/mol. The fraction of sp³-hybridized carbons (Fsp3) is 0.588. The van der Waals surface area contributed by atoms with E-state index in [-0.39, 0.29) is 0 Å². The number of carbonyl (C=O) groups excluding carboxylic acids is 1. The Bertz CT molecular complexity index is 534. The molecule has 1 spiro atoms. The average Bonchev–Trinajstić information content (AvgIpc) is 3.14. The Morgan fingerprint density at radius 1 is 1.30 bits per heavy atom. The van der Waals surface area contributed by atoms with E-state index in [0.29, 0.717) is 23.2 Å². The van der Waals surface area contributed by atoms with Crippen molar-refractivity contribution in [3.05, 3.63) is 35.4 Å². The van der Waals surface area contributed by atoms with Gasteiger partial charge in [0.2, 0.25) is 5.91 Å². The van der Waals surface area contributed by atoms with Crippen LogP contribution in [0.5, 0.6) is 0 Å². The third-order valence-electron chi connectivity index (χ3n) is 5.59. The van der Waals surface area contributed by atoms with Gasteiger partial charge >= 0.3 is 0 Å². The van der Waals surface area contributed by atoms with Gasteiger partial charge in [0.05, 0.1) is 0 Å². The Balaban J connectivity index is 1.30. The molecule has 1 aromatic rings. The van der Waals surface area contributed by atoms with Gasteiger partial charge in [-0.25, -0.2) is 0 Å². The minimum absolute atomic E-state index is 0.292. The van der Waals surface area contributed by atoms with Crippen LogP contribution in [0.25, 0.3) is 0 Å². The van der Waals surface area contributed by atoms with Crippen LogP contribution in [0.3, 0.4) is 0 Å². The molecule has 1 aromatic carbocycles. The fourth-order valence-electron chi connectivity index (χ4n) is 4.09. The largest absolute Gasteiger partial charge is 0.355 e.